The number of benzene rings is 3. The normalized spacial score (nSPS) is 16.0. The molecular formula is C34H32N2O6. The summed E-state index contributed by atoms with van der Waals surface area (Å²) in [5.74, 6) is -0.131. The number of Topliss-reactive ketones (excluding diaryl/α,β-unsaturated/α-hetero) is 1. The van der Waals surface area contributed by atoms with Crippen molar-refractivity contribution >= 4 is 17.4 Å². The number of pyridine rings is 1. The highest BCUT2D eigenvalue weighted by Crippen LogP contribution is 2.42. The van der Waals surface area contributed by atoms with Gasteiger partial charge in [-0.2, -0.15) is 0 Å². The van der Waals surface area contributed by atoms with E-state index in [0.717, 1.165) is 16.7 Å². The van der Waals surface area contributed by atoms with E-state index >= 15 is 0 Å². The van der Waals surface area contributed by atoms with E-state index in [1.54, 1.807) is 67.0 Å². The summed E-state index contributed by atoms with van der Waals surface area (Å²) in [6, 6.07) is 22.8. The van der Waals surface area contributed by atoms with Crippen molar-refractivity contribution in [2.75, 3.05) is 13.7 Å². The van der Waals surface area contributed by atoms with Gasteiger partial charge in [-0.3, -0.25) is 14.6 Å². The summed E-state index contributed by atoms with van der Waals surface area (Å²) in [6.45, 7) is 4.89. The molecule has 42 heavy (non-hydrogen) atoms. The lowest BCUT2D eigenvalue weighted by Gasteiger charge is -2.26. The number of nitrogens with zero attached hydrogens (tertiary/aromatic N) is 2. The van der Waals surface area contributed by atoms with Gasteiger partial charge in [-0.05, 0) is 84.6 Å². The molecule has 1 N–H and O–H groups in total. The molecule has 4 aromatic rings. The predicted molar refractivity (Wildman–Crippen MR) is 158 cm³/mol. The van der Waals surface area contributed by atoms with Crippen molar-refractivity contribution < 1.29 is 28.9 Å². The SMILES string of the molecule is CCOc1ccc(C2/C(=C(\O)c3ccc(OCc4ccccc4C)cc3)C(=O)C(=O)N2Cc2ccncc2)cc1OC. The molecule has 1 unspecified atom stereocenters. The zero-order chi connectivity index (χ0) is 29.6. The summed E-state index contributed by atoms with van der Waals surface area (Å²) in [5, 5.41) is 11.5. The zero-order valence-electron chi connectivity index (χ0n) is 23.7. The van der Waals surface area contributed by atoms with Crippen LogP contribution < -0.4 is 14.2 Å². The molecule has 5 rings (SSSR count). The Kier molecular flexibility index (Phi) is 8.52. The Labute approximate surface area is 244 Å². The first kappa shape index (κ1) is 28.4. The second-order valence-corrected chi connectivity index (χ2v) is 9.87. The van der Waals surface area contributed by atoms with E-state index in [0.29, 0.717) is 41.6 Å². The highest BCUT2D eigenvalue weighted by atomic mass is 16.5. The number of aliphatic hydroxyl groups is 1. The number of methoxy groups -OCH3 is 1. The van der Waals surface area contributed by atoms with Gasteiger partial charge in [-0.15, -0.1) is 0 Å². The van der Waals surface area contributed by atoms with Crippen LogP contribution in [0.3, 0.4) is 0 Å². The number of carbonyl (C=O) groups excluding carboxylic acids is 2. The first-order valence-electron chi connectivity index (χ1n) is 13.7. The quantitative estimate of drug-likeness (QED) is 0.143. The van der Waals surface area contributed by atoms with Crippen molar-refractivity contribution in [3.63, 3.8) is 0 Å². The Bertz CT molecular complexity index is 1620. The molecule has 1 atom stereocenters. The van der Waals surface area contributed by atoms with Crippen LogP contribution in [0, 0.1) is 6.92 Å². The van der Waals surface area contributed by atoms with Crippen LogP contribution in [0.4, 0.5) is 0 Å². The Morgan fingerprint density at radius 1 is 0.929 bits per heavy atom. The van der Waals surface area contributed by atoms with Crippen LogP contribution in [-0.2, 0) is 22.7 Å². The monoisotopic (exact) mass is 564 g/mol. The number of ether oxygens (including phenoxy) is 3. The van der Waals surface area contributed by atoms with E-state index in [1.807, 2.05) is 38.1 Å². The second-order valence-electron chi connectivity index (χ2n) is 9.87. The molecule has 1 saturated heterocycles. The first-order chi connectivity index (χ1) is 20.4. The number of hydrogen-bond donors (Lipinski definition) is 1. The number of likely N-dealkylation sites (tertiary alicyclic amines) is 1. The molecule has 1 fully saturated rings. The molecule has 1 amide bonds. The lowest BCUT2D eigenvalue weighted by molar-refractivity contribution is -0.140. The highest BCUT2D eigenvalue weighted by Gasteiger charge is 2.46. The first-order valence-corrected chi connectivity index (χ1v) is 13.7. The van der Waals surface area contributed by atoms with Crippen molar-refractivity contribution in [2.45, 2.75) is 33.0 Å². The van der Waals surface area contributed by atoms with Gasteiger partial charge in [0.2, 0.25) is 0 Å². The molecular weight excluding hydrogens is 532 g/mol. The molecule has 0 radical (unpaired) electrons. The van der Waals surface area contributed by atoms with E-state index in [-0.39, 0.29) is 17.9 Å². The van der Waals surface area contributed by atoms with Crippen molar-refractivity contribution in [1.82, 2.24) is 9.88 Å². The Morgan fingerprint density at radius 2 is 1.67 bits per heavy atom. The number of aryl methyl sites for hydroxylation is 1. The number of amides is 1. The largest absolute Gasteiger partial charge is 0.507 e. The molecule has 8 heteroatoms. The van der Waals surface area contributed by atoms with E-state index in [9.17, 15) is 14.7 Å². The molecule has 0 aliphatic carbocycles. The number of aromatic nitrogens is 1. The average Bonchev–Trinajstić information content (AvgIpc) is 3.26. The Morgan fingerprint density at radius 3 is 2.36 bits per heavy atom. The van der Waals surface area contributed by atoms with E-state index in [4.69, 9.17) is 14.2 Å². The van der Waals surface area contributed by atoms with Crippen LogP contribution in [-0.4, -0.2) is 40.4 Å². The van der Waals surface area contributed by atoms with Crippen LogP contribution >= 0.6 is 0 Å². The molecule has 214 valence electrons. The third-order valence-corrected chi connectivity index (χ3v) is 7.23. The zero-order valence-corrected chi connectivity index (χ0v) is 23.7. The third-order valence-electron chi connectivity index (χ3n) is 7.23. The number of ketones is 1. The molecule has 8 nitrogen and oxygen atoms in total. The van der Waals surface area contributed by atoms with Gasteiger partial charge in [0.05, 0.1) is 25.3 Å². The van der Waals surface area contributed by atoms with Crippen LogP contribution in [0.25, 0.3) is 5.76 Å². The average molecular weight is 565 g/mol. The van der Waals surface area contributed by atoms with Crippen LogP contribution in [0.2, 0.25) is 0 Å². The van der Waals surface area contributed by atoms with Gasteiger partial charge in [0, 0.05) is 24.5 Å². The summed E-state index contributed by atoms with van der Waals surface area (Å²) in [6.07, 6.45) is 3.26. The molecule has 0 saturated carbocycles. The van der Waals surface area contributed by atoms with Gasteiger partial charge in [0.15, 0.2) is 11.5 Å². The minimum absolute atomic E-state index is 0.00570. The van der Waals surface area contributed by atoms with Gasteiger partial charge < -0.3 is 24.2 Å². The van der Waals surface area contributed by atoms with Gasteiger partial charge in [-0.1, -0.05) is 30.3 Å². The maximum atomic E-state index is 13.5. The summed E-state index contributed by atoms with van der Waals surface area (Å²) in [4.78, 5) is 32.4. The fourth-order valence-corrected chi connectivity index (χ4v) is 5.00. The maximum absolute atomic E-state index is 13.5. The molecule has 3 aromatic carbocycles. The lowest BCUT2D eigenvalue weighted by Crippen LogP contribution is -2.29. The van der Waals surface area contributed by atoms with Gasteiger partial charge in [0.25, 0.3) is 11.7 Å². The molecule has 1 aromatic heterocycles. The second kappa shape index (κ2) is 12.6. The Hall–Kier alpha value is -5.11. The van der Waals surface area contributed by atoms with E-state index in [2.05, 4.69) is 4.98 Å². The summed E-state index contributed by atoms with van der Waals surface area (Å²) < 4.78 is 17.2. The lowest BCUT2D eigenvalue weighted by atomic mass is 9.94. The maximum Gasteiger partial charge on any atom is 0.295 e. The van der Waals surface area contributed by atoms with Crippen molar-refractivity contribution in [3.05, 3.63) is 125 Å². The Balaban J connectivity index is 1.52. The van der Waals surface area contributed by atoms with E-state index in [1.165, 1.54) is 12.0 Å². The number of carbonyl (C=O) groups is 2. The summed E-state index contributed by atoms with van der Waals surface area (Å²) in [5.41, 5.74) is 3.99. The van der Waals surface area contributed by atoms with Crippen molar-refractivity contribution in [3.8, 4) is 17.2 Å². The number of aliphatic hydroxyl groups excluding tert-OH is 1. The standard InChI is InChI=1S/C34H32N2O6/c1-4-41-28-14-11-25(19-29(28)40-3)31-30(33(38)34(39)36(31)20-23-15-17-35-18-16-23)32(37)24-9-12-27(13-10-24)42-21-26-8-6-5-7-22(26)2/h5-19,31,37H,4,20-21H2,1-3H3/b32-30+. The topological polar surface area (TPSA) is 98.2 Å². The van der Waals surface area contributed by atoms with E-state index < -0.39 is 17.7 Å². The van der Waals surface area contributed by atoms with Crippen molar-refractivity contribution in [1.29, 1.82) is 0 Å². The van der Waals surface area contributed by atoms with Gasteiger partial charge >= 0.3 is 0 Å². The smallest absolute Gasteiger partial charge is 0.295 e. The fourth-order valence-electron chi connectivity index (χ4n) is 5.00. The molecule has 0 spiro atoms. The van der Waals surface area contributed by atoms with Gasteiger partial charge in [0.1, 0.15) is 18.1 Å². The van der Waals surface area contributed by atoms with Crippen LogP contribution in [0.1, 0.15) is 40.8 Å². The molecule has 0 bridgehead atoms. The molecule has 1 aliphatic heterocycles. The van der Waals surface area contributed by atoms with Crippen LogP contribution in [0.5, 0.6) is 17.2 Å². The number of rotatable bonds is 10. The van der Waals surface area contributed by atoms with Crippen LogP contribution in [0.15, 0.2) is 96.8 Å². The molecule has 1 aliphatic rings. The summed E-state index contributed by atoms with van der Waals surface area (Å²) >= 11 is 0. The predicted octanol–water partition coefficient (Wildman–Crippen LogP) is 6.00. The van der Waals surface area contributed by atoms with Gasteiger partial charge in [-0.25, -0.2) is 0 Å². The molecule has 2 heterocycles. The highest BCUT2D eigenvalue weighted by molar-refractivity contribution is 6.46. The summed E-state index contributed by atoms with van der Waals surface area (Å²) in [7, 11) is 1.53. The van der Waals surface area contributed by atoms with Crippen molar-refractivity contribution in [2.24, 2.45) is 0 Å². The third kappa shape index (κ3) is 5.83. The minimum atomic E-state index is -0.861. The number of hydrogen-bond acceptors (Lipinski definition) is 7. The fraction of sp³-hybridized carbons (Fsp3) is 0.206. The minimum Gasteiger partial charge on any atom is -0.507 e.